The summed E-state index contributed by atoms with van der Waals surface area (Å²) in [6.07, 6.45) is 3.35. The number of benzene rings is 1. The van der Waals surface area contributed by atoms with Crippen LogP contribution in [0.3, 0.4) is 0 Å². The Hall–Kier alpha value is -2.69. The third-order valence-electron chi connectivity index (χ3n) is 3.01. The molecule has 0 saturated carbocycles. The molecular formula is C15H14N4O. The van der Waals surface area contributed by atoms with Gasteiger partial charge in [-0.15, -0.1) is 0 Å². The van der Waals surface area contributed by atoms with Gasteiger partial charge in [-0.05, 0) is 17.7 Å². The quantitative estimate of drug-likeness (QED) is 0.786. The van der Waals surface area contributed by atoms with E-state index in [1.165, 1.54) is 0 Å². The number of rotatable bonds is 4. The summed E-state index contributed by atoms with van der Waals surface area (Å²) in [5.41, 5.74) is 1.99. The van der Waals surface area contributed by atoms with Crippen LogP contribution in [-0.4, -0.2) is 22.1 Å². The summed E-state index contributed by atoms with van der Waals surface area (Å²) < 4.78 is 5.04. The molecule has 3 rings (SSSR count). The van der Waals surface area contributed by atoms with Crippen molar-refractivity contribution in [2.75, 3.05) is 12.4 Å². The largest absolute Gasteiger partial charge is 0.481 e. The maximum absolute atomic E-state index is 5.04. The number of ether oxygens (including phenoxy) is 1. The summed E-state index contributed by atoms with van der Waals surface area (Å²) in [5, 5.41) is 4.32. The first-order valence-corrected chi connectivity index (χ1v) is 6.29. The number of aromatic nitrogens is 3. The average molecular weight is 266 g/mol. The molecule has 0 bridgehead atoms. The number of anilines is 1. The van der Waals surface area contributed by atoms with Crippen LogP contribution in [0.4, 0.5) is 5.82 Å². The van der Waals surface area contributed by atoms with Gasteiger partial charge in [-0.2, -0.15) is 0 Å². The second kappa shape index (κ2) is 5.52. The smallest absolute Gasteiger partial charge is 0.212 e. The van der Waals surface area contributed by atoms with Crippen LogP contribution in [0.5, 0.6) is 5.88 Å². The summed E-state index contributed by atoms with van der Waals surface area (Å²) >= 11 is 0. The van der Waals surface area contributed by atoms with E-state index in [4.69, 9.17) is 4.74 Å². The van der Waals surface area contributed by atoms with Gasteiger partial charge in [0.2, 0.25) is 5.88 Å². The molecule has 0 aliphatic rings. The van der Waals surface area contributed by atoms with E-state index >= 15 is 0 Å². The molecule has 0 aliphatic carbocycles. The minimum absolute atomic E-state index is 0.612. The highest BCUT2D eigenvalue weighted by atomic mass is 16.5. The van der Waals surface area contributed by atoms with Gasteiger partial charge in [0, 0.05) is 24.2 Å². The molecule has 0 aliphatic heterocycles. The zero-order valence-corrected chi connectivity index (χ0v) is 11.1. The standard InChI is InChI=1S/C15H14N4O/c1-20-14-7-6-11(8-16-14)9-17-15-12-4-2-3-5-13(12)18-10-19-15/h2-8,10H,9H2,1H3,(H,17,18,19). The zero-order valence-electron chi connectivity index (χ0n) is 11.1. The highest BCUT2D eigenvalue weighted by Crippen LogP contribution is 2.19. The number of hydrogen-bond donors (Lipinski definition) is 1. The molecule has 20 heavy (non-hydrogen) atoms. The lowest BCUT2D eigenvalue weighted by atomic mass is 10.2. The molecule has 2 aromatic heterocycles. The Labute approximate surface area is 116 Å². The second-order valence-electron chi connectivity index (χ2n) is 4.30. The van der Waals surface area contributed by atoms with E-state index in [0.29, 0.717) is 12.4 Å². The molecular weight excluding hydrogens is 252 g/mol. The van der Waals surface area contributed by atoms with E-state index in [-0.39, 0.29) is 0 Å². The van der Waals surface area contributed by atoms with E-state index in [2.05, 4.69) is 20.3 Å². The molecule has 0 unspecified atom stereocenters. The van der Waals surface area contributed by atoms with Crippen LogP contribution >= 0.6 is 0 Å². The molecule has 2 heterocycles. The fourth-order valence-electron chi connectivity index (χ4n) is 1.97. The molecule has 0 saturated heterocycles. The predicted octanol–water partition coefficient (Wildman–Crippen LogP) is 2.65. The third-order valence-corrected chi connectivity index (χ3v) is 3.01. The molecule has 100 valence electrons. The number of nitrogens with zero attached hydrogens (tertiary/aromatic N) is 3. The van der Waals surface area contributed by atoms with Crippen molar-refractivity contribution in [1.82, 2.24) is 15.0 Å². The summed E-state index contributed by atoms with van der Waals surface area (Å²) in [6.45, 7) is 0.651. The predicted molar refractivity (Wildman–Crippen MR) is 77.7 cm³/mol. The van der Waals surface area contributed by atoms with Gasteiger partial charge in [-0.25, -0.2) is 15.0 Å². The topological polar surface area (TPSA) is 59.9 Å². The molecule has 1 N–H and O–H groups in total. The van der Waals surface area contributed by atoms with E-state index in [1.54, 1.807) is 19.6 Å². The number of pyridine rings is 1. The molecule has 0 spiro atoms. The lowest BCUT2D eigenvalue weighted by molar-refractivity contribution is 0.397. The second-order valence-corrected chi connectivity index (χ2v) is 4.30. The van der Waals surface area contributed by atoms with Crippen molar-refractivity contribution in [2.24, 2.45) is 0 Å². The highest BCUT2D eigenvalue weighted by molar-refractivity contribution is 5.88. The maximum atomic E-state index is 5.04. The van der Waals surface area contributed by atoms with Crippen molar-refractivity contribution in [3.8, 4) is 5.88 Å². The summed E-state index contributed by atoms with van der Waals surface area (Å²) in [6, 6.07) is 11.7. The van der Waals surface area contributed by atoms with E-state index in [9.17, 15) is 0 Å². The molecule has 0 fully saturated rings. The lowest BCUT2D eigenvalue weighted by Gasteiger charge is -2.08. The normalized spacial score (nSPS) is 10.4. The van der Waals surface area contributed by atoms with E-state index in [1.807, 2.05) is 36.4 Å². The van der Waals surface area contributed by atoms with Crippen molar-refractivity contribution in [3.63, 3.8) is 0 Å². The zero-order chi connectivity index (χ0) is 13.8. The van der Waals surface area contributed by atoms with Gasteiger partial charge in [0.25, 0.3) is 0 Å². The summed E-state index contributed by atoms with van der Waals surface area (Å²) in [5.74, 6) is 1.44. The van der Waals surface area contributed by atoms with Crippen molar-refractivity contribution in [1.29, 1.82) is 0 Å². The van der Waals surface area contributed by atoms with E-state index < -0.39 is 0 Å². The minimum Gasteiger partial charge on any atom is -0.481 e. The average Bonchev–Trinajstić information content (AvgIpc) is 2.53. The molecule has 5 heteroatoms. The number of methoxy groups -OCH3 is 1. The Morgan fingerprint density at radius 3 is 2.75 bits per heavy atom. The highest BCUT2D eigenvalue weighted by Gasteiger charge is 2.02. The van der Waals surface area contributed by atoms with Crippen LogP contribution in [0.1, 0.15) is 5.56 Å². The number of para-hydroxylation sites is 1. The first kappa shape index (κ1) is 12.3. The van der Waals surface area contributed by atoms with Gasteiger partial charge in [0.05, 0.1) is 12.6 Å². The van der Waals surface area contributed by atoms with Crippen molar-refractivity contribution in [3.05, 3.63) is 54.5 Å². The first-order chi connectivity index (χ1) is 9.86. The van der Waals surface area contributed by atoms with Gasteiger partial charge < -0.3 is 10.1 Å². The number of nitrogens with one attached hydrogen (secondary N) is 1. The van der Waals surface area contributed by atoms with Crippen LogP contribution in [-0.2, 0) is 6.54 Å². The first-order valence-electron chi connectivity index (χ1n) is 6.29. The Bertz CT molecular complexity index is 707. The summed E-state index contributed by atoms with van der Waals surface area (Å²) in [4.78, 5) is 12.7. The Morgan fingerprint density at radius 2 is 1.95 bits per heavy atom. The molecule has 0 radical (unpaired) electrons. The van der Waals surface area contributed by atoms with Gasteiger partial charge >= 0.3 is 0 Å². The number of fused-ring (bicyclic) bond motifs is 1. The fraction of sp³-hybridized carbons (Fsp3) is 0.133. The Morgan fingerprint density at radius 1 is 1.05 bits per heavy atom. The van der Waals surface area contributed by atoms with Crippen LogP contribution < -0.4 is 10.1 Å². The fourth-order valence-corrected chi connectivity index (χ4v) is 1.97. The SMILES string of the molecule is COc1ccc(CNc2ncnc3ccccc23)cn1. The van der Waals surface area contributed by atoms with E-state index in [0.717, 1.165) is 22.3 Å². The van der Waals surface area contributed by atoms with Crippen LogP contribution in [0.2, 0.25) is 0 Å². The molecule has 3 aromatic rings. The summed E-state index contributed by atoms with van der Waals surface area (Å²) in [7, 11) is 1.60. The monoisotopic (exact) mass is 266 g/mol. The Balaban J connectivity index is 1.79. The van der Waals surface area contributed by atoms with Gasteiger partial charge in [0.1, 0.15) is 12.1 Å². The lowest BCUT2D eigenvalue weighted by Crippen LogP contribution is -2.03. The van der Waals surface area contributed by atoms with Crippen molar-refractivity contribution in [2.45, 2.75) is 6.54 Å². The molecule has 0 atom stereocenters. The van der Waals surface area contributed by atoms with Gasteiger partial charge in [-0.1, -0.05) is 18.2 Å². The Kier molecular flexibility index (Phi) is 3.41. The molecule has 0 amide bonds. The third kappa shape index (κ3) is 2.51. The molecule has 1 aromatic carbocycles. The molecule has 5 nitrogen and oxygen atoms in total. The van der Waals surface area contributed by atoms with Crippen molar-refractivity contribution < 1.29 is 4.74 Å². The van der Waals surface area contributed by atoms with Gasteiger partial charge in [0.15, 0.2) is 0 Å². The van der Waals surface area contributed by atoms with Gasteiger partial charge in [-0.3, -0.25) is 0 Å². The van der Waals surface area contributed by atoms with Crippen LogP contribution in [0.15, 0.2) is 48.9 Å². The van der Waals surface area contributed by atoms with Crippen LogP contribution in [0, 0.1) is 0 Å². The maximum Gasteiger partial charge on any atom is 0.212 e. The van der Waals surface area contributed by atoms with Crippen LogP contribution in [0.25, 0.3) is 10.9 Å². The van der Waals surface area contributed by atoms with Crippen molar-refractivity contribution >= 4 is 16.7 Å². The number of hydrogen-bond acceptors (Lipinski definition) is 5. The minimum atomic E-state index is 0.612.